The number of nitrogens with zero attached hydrogens (tertiary/aromatic N) is 1. The number of amides is 1. The molecule has 1 aromatic heterocycles. The van der Waals surface area contributed by atoms with Crippen LogP contribution in [0, 0.1) is 0 Å². The highest BCUT2D eigenvalue weighted by molar-refractivity contribution is 9.10. The van der Waals surface area contributed by atoms with Crippen molar-refractivity contribution in [2.45, 2.75) is 19.4 Å². The molecule has 0 bridgehead atoms. The fourth-order valence-corrected chi connectivity index (χ4v) is 1.31. The molecule has 1 aromatic rings. The molecule has 1 heterocycles. The number of hydrogen-bond donors (Lipinski definition) is 2. The van der Waals surface area contributed by atoms with E-state index in [-0.39, 0.29) is 5.91 Å². The van der Waals surface area contributed by atoms with Crippen LogP contribution >= 0.6 is 15.9 Å². The zero-order valence-electron chi connectivity index (χ0n) is 8.75. The topological polar surface area (TPSA) is 68.0 Å². The summed E-state index contributed by atoms with van der Waals surface area (Å²) in [7, 11) is 0. The van der Waals surface area contributed by atoms with Crippen LogP contribution in [-0.2, 0) is 0 Å². The first-order chi connectivity index (χ1) is 6.88. The number of nitrogens with one attached hydrogen (secondary N) is 1. The second kappa shape index (κ2) is 4.72. The molecule has 82 valence electrons. The second-order valence-corrected chi connectivity index (χ2v) is 4.98. The Hall–Kier alpha value is -0.940. The molecule has 0 saturated carbocycles. The summed E-state index contributed by atoms with van der Waals surface area (Å²) in [4.78, 5) is 15.5. The summed E-state index contributed by atoms with van der Waals surface area (Å²) >= 11 is 3.25. The summed E-state index contributed by atoms with van der Waals surface area (Å²) < 4.78 is 0.780. The first-order valence-corrected chi connectivity index (χ1v) is 5.35. The zero-order valence-corrected chi connectivity index (χ0v) is 10.3. The Morgan fingerprint density at radius 3 is 2.80 bits per heavy atom. The van der Waals surface area contributed by atoms with Crippen LogP contribution in [0.3, 0.4) is 0 Å². The number of carbonyl (C=O) groups excluding carboxylic acids is 1. The summed E-state index contributed by atoms with van der Waals surface area (Å²) in [6.07, 6.45) is 3.15. The van der Waals surface area contributed by atoms with E-state index < -0.39 is 5.54 Å². The SMILES string of the molecule is CC(C)(N)CNC(=O)c1cncc(Br)c1. The molecular weight excluding hydrogens is 258 g/mol. The Morgan fingerprint density at radius 1 is 1.60 bits per heavy atom. The van der Waals surface area contributed by atoms with Crippen LogP contribution in [0.5, 0.6) is 0 Å². The van der Waals surface area contributed by atoms with E-state index >= 15 is 0 Å². The van der Waals surface area contributed by atoms with Gasteiger partial charge in [-0.3, -0.25) is 9.78 Å². The van der Waals surface area contributed by atoms with E-state index in [1.165, 1.54) is 6.20 Å². The number of pyridine rings is 1. The van der Waals surface area contributed by atoms with Gasteiger partial charge in [-0.15, -0.1) is 0 Å². The van der Waals surface area contributed by atoms with Crippen LogP contribution in [0.4, 0.5) is 0 Å². The molecule has 0 atom stereocenters. The van der Waals surface area contributed by atoms with E-state index in [1.54, 1.807) is 12.3 Å². The number of carbonyl (C=O) groups is 1. The maximum Gasteiger partial charge on any atom is 0.252 e. The molecule has 4 nitrogen and oxygen atoms in total. The summed E-state index contributed by atoms with van der Waals surface area (Å²) in [5.41, 5.74) is 5.87. The Bertz CT molecular complexity index is 360. The van der Waals surface area contributed by atoms with Crippen LogP contribution in [0.2, 0.25) is 0 Å². The first kappa shape index (κ1) is 12.1. The average Bonchev–Trinajstić information content (AvgIpc) is 2.13. The highest BCUT2D eigenvalue weighted by Crippen LogP contribution is 2.09. The quantitative estimate of drug-likeness (QED) is 0.871. The van der Waals surface area contributed by atoms with Gasteiger partial charge in [-0.05, 0) is 35.8 Å². The van der Waals surface area contributed by atoms with Gasteiger partial charge in [0.2, 0.25) is 0 Å². The normalized spacial score (nSPS) is 11.2. The van der Waals surface area contributed by atoms with Crippen molar-refractivity contribution in [3.05, 3.63) is 28.5 Å². The molecule has 0 unspecified atom stereocenters. The molecule has 0 radical (unpaired) electrons. The lowest BCUT2D eigenvalue weighted by Gasteiger charge is -2.18. The third-order valence-corrected chi connectivity index (χ3v) is 2.11. The summed E-state index contributed by atoms with van der Waals surface area (Å²) in [5.74, 6) is -0.165. The van der Waals surface area contributed by atoms with E-state index in [0.717, 1.165) is 4.47 Å². The van der Waals surface area contributed by atoms with Crippen LogP contribution < -0.4 is 11.1 Å². The zero-order chi connectivity index (χ0) is 11.5. The lowest BCUT2D eigenvalue weighted by molar-refractivity contribution is 0.0945. The van der Waals surface area contributed by atoms with Gasteiger partial charge in [0, 0.05) is 29.0 Å². The predicted octanol–water partition coefficient (Wildman–Crippen LogP) is 1.31. The smallest absolute Gasteiger partial charge is 0.252 e. The van der Waals surface area contributed by atoms with Crippen molar-refractivity contribution in [1.82, 2.24) is 10.3 Å². The summed E-state index contributed by atoms with van der Waals surface area (Å²) in [6.45, 7) is 4.14. The average molecular weight is 272 g/mol. The predicted molar refractivity (Wildman–Crippen MR) is 62.5 cm³/mol. The summed E-state index contributed by atoms with van der Waals surface area (Å²) in [6, 6.07) is 1.71. The molecule has 0 saturated heterocycles. The van der Waals surface area contributed by atoms with Gasteiger partial charge in [-0.1, -0.05) is 0 Å². The number of rotatable bonds is 3. The van der Waals surface area contributed by atoms with E-state index in [1.807, 2.05) is 13.8 Å². The van der Waals surface area contributed by atoms with Crippen molar-refractivity contribution in [2.24, 2.45) is 5.73 Å². The third kappa shape index (κ3) is 4.40. The van der Waals surface area contributed by atoms with Crippen LogP contribution in [0.15, 0.2) is 22.9 Å². The van der Waals surface area contributed by atoms with Crippen molar-refractivity contribution in [3.63, 3.8) is 0 Å². The maximum absolute atomic E-state index is 11.6. The van der Waals surface area contributed by atoms with Gasteiger partial charge >= 0.3 is 0 Å². The molecule has 0 spiro atoms. The molecule has 1 amide bonds. The minimum absolute atomic E-state index is 0.165. The molecule has 0 fully saturated rings. The molecule has 0 aliphatic carbocycles. The maximum atomic E-state index is 11.6. The first-order valence-electron chi connectivity index (χ1n) is 4.56. The fraction of sp³-hybridized carbons (Fsp3) is 0.400. The monoisotopic (exact) mass is 271 g/mol. The molecule has 0 aromatic carbocycles. The minimum Gasteiger partial charge on any atom is -0.350 e. The molecule has 5 heteroatoms. The fourth-order valence-electron chi connectivity index (χ4n) is 0.946. The highest BCUT2D eigenvalue weighted by atomic mass is 79.9. The van der Waals surface area contributed by atoms with Crippen LogP contribution in [-0.4, -0.2) is 23.0 Å². The van der Waals surface area contributed by atoms with Crippen molar-refractivity contribution in [2.75, 3.05) is 6.54 Å². The molecule has 15 heavy (non-hydrogen) atoms. The van der Waals surface area contributed by atoms with Gasteiger partial charge in [0.15, 0.2) is 0 Å². The standard InChI is InChI=1S/C10H14BrN3O/c1-10(2,12)6-14-9(15)7-3-8(11)5-13-4-7/h3-5H,6,12H2,1-2H3,(H,14,15). The Kier molecular flexibility index (Phi) is 3.82. The van der Waals surface area contributed by atoms with Gasteiger partial charge in [-0.25, -0.2) is 0 Å². The number of nitrogens with two attached hydrogens (primary N) is 1. The van der Waals surface area contributed by atoms with Crippen molar-refractivity contribution in [3.8, 4) is 0 Å². The molecule has 0 aliphatic heterocycles. The molecule has 3 N–H and O–H groups in total. The van der Waals surface area contributed by atoms with Crippen molar-refractivity contribution >= 4 is 21.8 Å². The Balaban J connectivity index is 2.62. The van der Waals surface area contributed by atoms with Crippen LogP contribution in [0.25, 0.3) is 0 Å². The Labute approximate surface area is 97.4 Å². The highest BCUT2D eigenvalue weighted by Gasteiger charge is 2.13. The number of halogens is 1. The summed E-state index contributed by atoms with van der Waals surface area (Å²) in [5, 5.41) is 2.74. The van der Waals surface area contributed by atoms with Crippen molar-refractivity contribution < 1.29 is 4.79 Å². The van der Waals surface area contributed by atoms with Crippen molar-refractivity contribution in [1.29, 1.82) is 0 Å². The second-order valence-electron chi connectivity index (χ2n) is 4.06. The van der Waals surface area contributed by atoms with Gasteiger partial charge in [0.05, 0.1) is 5.56 Å². The Morgan fingerprint density at radius 2 is 2.27 bits per heavy atom. The lowest BCUT2D eigenvalue weighted by Crippen LogP contribution is -2.45. The van der Waals surface area contributed by atoms with Gasteiger partial charge in [0.25, 0.3) is 5.91 Å². The van der Waals surface area contributed by atoms with Crippen LogP contribution in [0.1, 0.15) is 24.2 Å². The van der Waals surface area contributed by atoms with Gasteiger partial charge < -0.3 is 11.1 Å². The third-order valence-electron chi connectivity index (χ3n) is 1.67. The lowest BCUT2D eigenvalue weighted by atomic mass is 10.1. The van der Waals surface area contributed by atoms with Gasteiger partial charge in [0.1, 0.15) is 0 Å². The van der Waals surface area contributed by atoms with Gasteiger partial charge in [-0.2, -0.15) is 0 Å². The number of hydrogen-bond acceptors (Lipinski definition) is 3. The van der Waals surface area contributed by atoms with E-state index in [2.05, 4.69) is 26.2 Å². The van der Waals surface area contributed by atoms with E-state index in [0.29, 0.717) is 12.1 Å². The number of aromatic nitrogens is 1. The molecular formula is C10H14BrN3O. The molecule has 0 aliphatic rings. The minimum atomic E-state index is -0.408. The van der Waals surface area contributed by atoms with E-state index in [4.69, 9.17) is 5.73 Å². The molecule has 1 rings (SSSR count). The van der Waals surface area contributed by atoms with E-state index in [9.17, 15) is 4.79 Å². The largest absolute Gasteiger partial charge is 0.350 e.